The van der Waals surface area contributed by atoms with Crippen LogP contribution in [-0.4, -0.2) is 31.7 Å². The molecule has 3 rings (SSSR count). The van der Waals surface area contributed by atoms with Crippen molar-refractivity contribution in [3.05, 3.63) is 64.4 Å². The van der Waals surface area contributed by atoms with Crippen molar-refractivity contribution in [3.63, 3.8) is 0 Å². The van der Waals surface area contributed by atoms with Crippen LogP contribution in [0.5, 0.6) is 0 Å². The molecule has 0 saturated carbocycles. The fraction of sp³-hybridized carbons (Fsp3) is 0.316. The highest BCUT2D eigenvalue weighted by molar-refractivity contribution is 9.10. The van der Waals surface area contributed by atoms with Crippen LogP contribution in [-0.2, 0) is 21.4 Å². The van der Waals surface area contributed by atoms with Crippen LogP contribution < -0.4 is 5.32 Å². The summed E-state index contributed by atoms with van der Waals surface area (Å²) in [5.41, 5.74) is 0.792. The van der Waals surface area contributed by atoms with Gasteiger partial charge in [-0.1, -0.05) is 28.1 Å². The summed E-state index contributed by atoms with van der Waals surface area (Å²) in [5.74, 6) is -0.911. The molecule has 0 spiro atoms. The number of benzene rings is 2. The normalized spacial score (nSPS) is 18.2. The zero-order valence-electron chi connectivity index (χ0n) is 14.6. The van der Waals surface area contributed by atoms with Crippen LogP contribution in [0.2, 0.25) is 0 Å². The van der Waals surface area contributed by atoms with Crippen LogP contribution in [0.3, 0.4) is 0 Å². The van der Waals surface area contributed by atoms with Gasteiger partial charge in [-0.2, -0.15) is 4.31 Å². The van der Waals surface area contributed by atoms with Gasteiger partial charge in [0.05, 0.1) is 10.8 Å². The summed E-state index contributed by atoms with van der Waals surface area (Å²) in [6.07, 6.45) is 1.27. The molecule has 1 saturated heterocycles. The molecule has 0 radical (unpaired) electrons. The number of piperidine rings is 1. The molecule has 1 aliphatic rings. The van der Waals surface area contributed by atoms with Crippen molar-refractivity contribution in [2.24, 2.45) is 5.92 Å². The number of nitrogens with one attached hydrogen (secondary N) is 1. The number of sulfonamides is 1. The SMILES string of the molecule is O=C(NCc1ccc(F)cc1)C1CCCN(S(=O)(=O)c2ccc(Br)cc2)C1. The van der Waals surface area contributed by atoms with Crippen LogP contribution in [0.15, 0.2) is 57.9 Å². The van der Waals surface area contributed by atoms with E-state index in [2.05, 4.69) is 21.2 Å². The molecule has 0 bridgehead atoms. The van der Waals surface area contributed by atoms with E-state index in [0.717, 1.165) is 10.0 Å². The average Bonchev–Trinajstić information content (AvgIpc) is 2.68. The molecular formula is C19H20BrFN2O3S. The lowest BCUT2D eigenvalue weighted by Crippen LogP contribution is -2.45. The van der Waals surface area contributed by atoms with Crippen molar-refractivity contribution in [3.8, 4) is 0 Å². The lowest BCUT2D eigenvalue weighted by Gasteiger charge is -2.31. The van der Waals surface area contributed by atoms with Gasteiger partial charge in [0.2, 0.25) is 15.9 Å². The molecule has 27 heavy (non-hydrogen) atoms. The number of nitrogens with zero attached hydrogens (tertiary/aromatic N) is 1. The van der Waals surface area contributed by atoms with Gasteiger partial charge in [-0.05, 0) is 54.8 Å². The third-order valence-corrected chi connectivity index (χ3v) is 6.99. The van der Waals surface area contributed by atoms with Crippen molar-refractivity contribution < 1.29 is 17.6 Å². The molecule has 0 aromatic heterocycles. The second-order valence-electron chi connectivity index (χ2n) is 6.50. The zero-order valence-corrected chi connectivity index (χ0v) is 17.0. The lowest BCUT2D eigenvalue weighted by molar-refractivity contribution is -0.126. The number of carbonyl (C=O) groups is 1. The standard InChI is InChI=1S/C19H20BrFN2O3S/c20-16-5-9-18(10-6-16)27(25,26)23-11-1-2-15(13-23)19(24)22-12-14-3-7-17(21)8-4-14/h3-10,15H,1-2,11-13H2,(H,22,24). The number of halogens is 2. The Kier molecular flexibility index (Phi) is 6.29. The Labute approximate surface area is 166 Å². The van der Waals surface area contributed by atoms with Gasteiger partial charge in [-0.25, -0.2) is 12.8 Å². The summed E-state index contributed by atoms with van der Waals surface area (Å²) in [4.78, 5) is 12.7. The largest absolute Gasteiger partial charge is 0.352 e. The second kappa shape index (κ2) is 8.50. The smallest absolute Gasteiger partial charge is 0.243 e. The fourth-order valence-electron chi connectivity index (χ4n) is 3.07. The number of carbonyl (C=O) groups excluding carboxylic acids is 1. The minimum atomic E-state index is -3.63. The molecule has 1 amide bonds. The Bertz CT molecular complexity index is 902. The lowest BCUT2D eigenvalue weighted by atomic mass is 9.99. The molecule has 1 fully saturated rings. The van der Waals surface area contributed by atoms with E-state index in [0.29, 0.717) is 19.4 Å². The van der Waals surface area contributed by atoms with Crippen molar-refractivity contribution in [1.82, 2.24) is 9.62 Å². The number of hydrogen-bond acceptors (Lipinski definition) is 3. The first kappa shape index (κ1) is 20.0. The third-order valence-electron chi connectivity index (χ3n) is 4.59. The van der Waals surface area contributed by atoms with Gasteiger partial charge in [0, 0.05) is 24.1 Å². The molecule has 8 heteroatoms. The predicted molar refractivity (Wildman–Crippen MR) is 104 cm³/mol. The molecule has 144 valence electrons. The first-order valence-corrected chi connectivity index (χ1v) is 10.9. The maximum absolute atomic E-state index is 12.9. The topological polar surface area (TPSA) is 66.5 Å². The molecule has 1 atom stereocenters. The Morgan fingerprint density at radius 1 is 1.15 bits per heavy atom. The van der Waals surface area contributed by atoms with E-state index in [1.54, 1.807) is 36.4 Å². The van der Waals surface area contributed by atoms with E-state index in [1.165, 1.54) is 16.4 Å². The second-order valence-corrected chi connectivity index (χ2v) is 9.35. The van der Waals surface area contributed by atoms with E-state index in [4.69, 9.17) is 0 Å². The quantitative estimate of drug-likeness (QED) is 0.753. The third kappa shape index (κ3) is 4.94. The first-order valence-electron chi connectivity index (χ1n) is 8.64. The van der Waals surface area contributed by atoms with Gasteiger partial charge in [0.1, 0.15) is 5.82 Å². The molecule has 1 N–H and O–H groups in total. The zero-order chi connectivity index (χ0) is 19.4. The van der Waals surface area contributed by atoms with Crippen molar-refractivity contribution >= 4 is 31.9 Å². The van der Waals surface area contributed by atoms with Crippen molar-refractivity contribution in [2.45, 2.75) is 24.3 Å². The molecule has 1 unspecified atom stereocenters. The van der Waals surface area contributed by atoms with E-state index < -0.39 is 15.9 Å². The monoisotopic (exact) mass is 454 g/mol. The summed E-state index contributed by atoms with van der Waals surface area (Å²) in [7, 11) is -3.63. The molecule has 0 aliphatic carbocycles. The Balaban J connectivity index is 1.63. The highest BCUT2D eigenvalue weighted by Gasteiger charge is 2.33. The Hall–Kier alpha value is -1.77. The summed E-state index contributed by atoms with van der Waals surface area (Å²) in [6.45, 7) is 0.850. The molecule has 1 heterocycles. The van der Waals surface area contributed by atoms with E-state index in [9.17, 15) is 17.6 Å². The summed E-state index contributed by atoms with van der Waals surface area (Å²) < 4.78 is 40.8. The number of hydrogen-bond donors (Lipinski definition) is 1. The Morgan fingerprint density at radius 3 is 2.48 bits per heavy atom. The van der Waals surface area contributed by atoms with Gasteiger partial charge < -0.3 is 5.32 Å². The van der Waals surface area contributed by atoms with Crippen LogP contribution in [0.25, 0.3) is 0 Å². The molecule has 1 aliphatic heterocycles. The average molecular weight is 455 g/mol. The fourth-order valence-corrected chi connectivity index (χ4v) is 4.85. The summed E-state index contributed by atoms with van der Waals surface area (Å²) in [5, 5.41) is 2.82. The van der Waals surface area contributed by atoms with Gasteiger partial charge in [0.15, 0.2) is 0 Å². The maximum Gasteiger partial charge on any atom is 0.243 e. The van der Waals surface area contributed by atoms with Gasteiger partial charge in [-0.15, -0.1) is 0 Å². The van der Waals surface area contributed by atoms with Crippen molar-refractivity contribution in [2.75, 3.05) is 13.1 Å². The predicted octanol–water partition coefficient (Wildman–Crippen LogP) is 3.31. The number of rotatable bonds is 5. The highest BCUT2D eigenvalue weighted by Crippen LogP contribution is 2.25. The van der Waals surface area contributed by atoms with E-state index in [-0.39, 0.29) is 29.7 Å². The van der Waals surface area contributed by atoms with E-state index in [1.807, 2.05) is 0 Å². The van der Waals surface area contributed by atoms with Crippen molar-refractivity contribution in [1.29, 1.82) is 0 Å². The van der Waals surface area contributed by atoms with Crippen LogP contribution in [0.4, 0.5) is 4.39 Å². The van der Waals surface area contributed by atoms with Crippen LogP contribution >= 0.6 is 15.9 Å². The Morgan fingerprint density at radius 2 is 1.81 bits per heavy atom. The summed E-state index contributed by atoms with van der Waals surface area (Å²) in [6, 6.07) is 12.4. The van der Waals surface area contributed by atoms with Gasteiger partial charge in [-0.3, -0.25) is 4.79 Å². The minimum absolute atomic E-state index is 0.160. The maximum atomic E-state index is 12.9. The van der Waals surface area contributed by atoms with Crippen LogP contribution in [0.1, 0.15) is 18.4 Å². The molecule has 2 aromatic rings. The highest BCUT2D eigenvalue weighted by atomic mass is 79.9. The minimum Gasteiger partial charge on any atom is -0.352 e. The molecule has 5 nitrogen and oxygen atoms in total. The van der Waals surface area contributed by atoms with Crippen LogP contribution in [0, 0.1) is 11.7 Å². The molecule has 2 aromatic carbocycles. The van der Waals surface area contributed by atoms with Gasteiger partial charge in [0.25, 0.3) is 0 Å². The first-order chi connectivity index (χ1) is 12.9. The van der Waals surface area contributed by atoms with E-state index >= 15 is 0 Å². The van der Waals surface area contributed by atoms with Gasteiger partial charge >= 0.3 is 0 Å². The summed E-state index contributed by atoms with van der Waals surface area (Å²) >= 11 is 3.30. The molecular weight excluding hydrogens is 435 g/mol. The number of amides is 1.